The van der Waals surface area contributed by atoms with Crippen molar-refractivity contribution >= 4 is 24.5 Å². The van der Waals surface area contributed by atoms with E-state index in [1.807, 2.05) is 85.8 Å². The summed E-state index contributed by atoms with van der Waals surface area (Å²) in [7, 11) is -4.87. The summed E-state index contributed by atoms with van der Waals surface area (Å²) in [5.74, 6) is 1.21. The molecule has 1 saturated heterocycles. The standard InChI is InChI=1S/C48H65NO10SSi/c1-35(2)61(36(3)4,37(5)6)59-46-32-49(48(50)57-33-39-15-10-9-11-16-39)31-45(56-29-30-58-60(51,52)43-25-19-38(7)20-26-43)47(46)40-21-23-42(24-22-40)55-28-14-27-54-34-41-17-12-13-18-44(41)53-8/h9-13,15-26,35-37,45-47H,14,27-34H2,1-8H3/t45-,46+,47+/m0/s1. The highest BCUT2D eigenvalue weighted by atomic mass is 32.2. The minimum atomic E-state index is -4.01. The van der Waals surface area contributed by atoms with Crippen LogP contribution in [0.3, 0.4) is 0 Å². The zero-order valence-corrected chi connectivity index (χ0v) is 38.9. The van der Waals surface area contributed by atoms with E-state index < -0.39 is 36.7 Å². The Morgan fingerprint density at radius 1 is 0.738 bits per heavy atom. The smallest absolute Gasteiger partial charge is 0.410 e. The van der Waals surface area contributed by atoms with Gasteiger partial charge in [0.05, 0.1) is 63.8 Å². The number of carbonyl (C=O) groups excluding carboxylic acids is 1. The molecule has 0 aromatic heterocycles. The molecule has 3 atom stereocenters. The van der Waals surface area contributed by atoms with Crippen LogP contribution < -0.4 is 9.47 Å². The molecular formula is C48H65NO10SSi. The predicted molar refractivity (Wildman–Crippen MR) is 240 cm³/mol. The number of rotatable bonds is 22. The van der Waals surface area contributed by atoms with Gasteiger partial charge in [-0.1, -0.05) is 120 Å². The van der Waals surface area contributed by atoms with E-state index in [4.69, 9.17) is 32.3 Å². The first-order valence-electron chi connectivity index (χ1n) is 21.4. The Balaban J connectivity index is 1.36. The molecule has 11 nitrogen and oxygen atoms in total. The molecule has 1 aliphatic rings. The van der Waals surface area contributed by atoms with E-state index in [-0.39, 0.29) is 53.8 Å². The largest absolute Gasteiger partial charge is 0.496 e. The molecule has 0 bridgehead atoms. The van der Waals surface area contributed by atoms with Gasteiger partial charge in [-0.05, 0) is 65.0 Å². The molecule has 1 fully saturated rings. The summed E-state index contributed by atoms with van der Waals surface area (Å²) >= 11 is 0. The number of hydrogen-bond acceptors (Lipinski definition) is 10. The number of amides is 1. The molecule has 13 heteroatoms. The van der Waals surface area contributed by atoms with Crippen LogP contribution in [0.25, 0.3) is 0 Å². The molecule has 1 amide bonds. The molecule has 0 spiro atoms. The van der Waals surface area contributed by atoms with Gasteiger partial charge < -0.3 is 33.0 Å². The van der Waals surface area contributed by atoms with Crippen molar-refractivity contribution < 1.29 is 45.5 Å². The van der Waals surface area contributed by atoms with Gasteiger partial charge in [0.15, 0.2) is 0 Å². The molecule has 0 saturated carbocycles. The Hall–Kier alpha value is -4.24. The molecule has 5 rings (SSSR count). The van der Waals surface area contributed by atoms with Gasteiger partial charge in [-0.25, -0.2) is 4.79 Å². The fraction of sp³-hybridized carbons (Fsp3) is 0.479. The number of aryl methyl sites for hydroxylation is 1. The topological polar surface area (TPSA) is 119 Å². The van der Waals surface area contributed by atoms with E-state index in [9.17, 15) is 13.2 Å². The van der Waals surface area contributed by atoms with Crippen molar-refractivity contribution in [3.8, 4) is 11.5 Å². The predicted octanol–water partition coefficient (Wildman–Crippen LogP) is 10.1. The van der Waals surface area contributed by atoms with Crippen LogP contribution >= 0.6 is 0 Å². The molecule has 0 unspecified atom stereocenters. The fourth-order valence-electron chi connectivity index (χ4n) is 8.56. The Bertz CT molecular complexity index is 2020. The summed E-state index contributed by atoms with van der Waals surface area (Å²) in [6.45, 7) is 17.2. The fourth-order valence-corrected chi connectivity index (χ4v) is 15.0. The first-order chi connectivity index (χ1) is 29.2. The molecule has 1 heterocycles. The van der Waals surface area contributed by atoms with Gasteiger partial charge in [0.1, 0.15) is 18.1 Å². The van der Waals surface area contributed by atoms with Gasteiger partial charge in [0.2, 0.25) is 8.32 Å². The second-order valence-corrected chi connectivity index (χ2v) is 23.6. The maximum atomic E-state index is 13.9. The third-order valence-electron chi connectivity index (χ3n) is 11.5. The number of nitrogens with zero attached hydrogens (tertiary/aromatic N) is 1. The third kappa shape index (κ3) is 12.9. The van der Waals surface area contributed by atoms with Crippen LogP contribution in [0.1, 0.15) is 76.1 Å². The van der Waals surface area contributed by atoms with E-state index in [1.54, 1.807) is 24.1 Å². The summed E-state index contributed by atoms with van der Waals surface area (Å²) in [5.41, 5.74) is 4.63. The lowest BCUT2D eigenvalue weighted by Gasteiger charge is -2.50. The van der Waals surface area contributed by atoms with Crippen LogP contribution in [0, 0.1) is 6.92 Å². The van der Waals surface area contributed by atoms with Gasteiger partial charge in [-0.3, -0.25) is 4.18 Å². The highest BCUT2D eigenvalue weighted by molar-refractivity contribution is 7.86. The molecule has 0 radical (unpaired) electrons. The first kappa shape index (κ1) is 47.8. The summed E-state index contributed by atoms with van der Waals surface area (Å²) in [4.78, 5) is 15.6. The molecule has 61 heavy (non-hydrogen) atoms. The van der Waals surface area contributed by atoms with Crippen molar-refractivity contribution in [2.75, 3.05) is 46.6 Å². The van der Waals surface area contributed by atoms with E-state index in [0.717, 1.165) is 33.8 Å². The normalized spacial score (nSPS) is 17.2. The quantitative estimate of drug-likeness (QED) is 0.0429. The number of para-hydroxylation sites is 1. The lowest BCUT2D eigenvalue weighted by Crippen LogP contribution is -2.59. The SMILES string of the molecule is COc1ccccc1COCCCOc1ccc([C@@H]2[C@@H](OCCOS(=O)(=O)c3ccc(C)cc3)CN(C(=O)OCc3ccccc3)C[C@H]2O[Si](C(C)C)(C(C)C)C(C)C)cc1. The van der Waals surface area contributed by atoms with Crippen LogP contribution in [0.15, 0.2) is 108 Å². The summed E-state index contributed by atoms with van der Waals surface area (Å²) in [5, 5.41) is 0. The second kappa shape index (κ2) is 22.7. The second-order valence-electron chi connectivity index (χ2n) is 16.6. The molecular weight excluding hydrogens is 811 g/mol. The van der Waals surface area contributed by atoms with Gasteiger partial charge in [0, 0.05) is 24.4 Å². The number of hydrogen-bond donors (Lipinski definition) is 0. The number of benzene rings is 4. The Morgan fingerprint density at radius 3 is 2.03 bits per heavy atom. The van der Waals surface area contributed by atoms with Crippen LogP contribution in [0.2, 0.25) is 16.6 Å². The van der Waals surface area contributed by atoms with Crippen molar-refractivity contribution in [2.45, 2.75) is 108 Å². The minimum Gasteiger partial charge on any atom is -0.496 e. The van der Waals surface area contributed by atoms with E-state index in [1.165, 1.54) is 12.1 Å². The van der Waals surface area contributed by atoms with Gasteiger partial charge >= 0.3 is 6.09 Å². The lowest BCUT2D eigenvalue weighted by atomic mass is 9.84. The van der Waals surface area contributed by atoms with Crippen LogP contribution in [-0.2, 0) is 46.2 Å². The Kier molecular flexibility index (Phi) is 17.8. The molecule has 1 aliphatic heterocycles. The average Bonchev–Trinajstić information content (AvgIpc) is 3.25. The van der Waals surface area contributed by atoms with Crippen LogP contribution in [0.5, 0.6) is 11.5 Å². The van der Waals surface area contributed by atoms with E-state index >= 15 is 0 Å². The van der Waals surface area contributed by atoms with Crippen molar-refractivity contribution in [3.63, 3.8) is 0 Å². The molecule has 4 aromatic carbocycles. The number of piperidine rings is 1. The Morgan fingerprint density at radius 2 is 1.38 bits per heavy atom. The summed E-state index contributed by atoms with van der Waals surface area (Å²) < 4.78 is 69.0. The monoisotopic (exact) mass is 875 g/mol. The number of carbonyl (C=O) groups is 1. The minimum absolute atomic E-state index is 0.0344. The summed E-state index contributed by atoms with van der Waals surface area (Å²) in [6.07, 6.45) is -0.801. The Labute approximate surface area is 364 Å². The van der Waals surface area contributed by atoms with Crippen LogP contribution in [0.4, 0.5) is 4.79 Å². The number of methoxy groups -OCH3 is 1. The number of ether oxygens (including phenoxy) is 5. The highest BCUT2D eigenvalue weighted by Crippen LogP contribution is 2.46. The molecule has 0 aliphatic carbocycles. The van der Waals surface area contributed by atoms with Crippen molar-refractivity contribution in [1.82, 2.24) is 4.90 Å². The number of likely N-dealkylation sites (tertiary alicyclic amines) is 1. The highest BCUT2D eigenvalue weighted by Gasteiger charge is 2.51. The zero-order chi connectivity index (χ0) is 44.0. The molecule has 332 valence electrons. The van der Waals surface area contributed by atoms with E-state index in [0.29, 0.717) is 32.8 Å². The molecule has 0 N–H and O–H groups in total. The average molecular weight is 876 g/mol. The van der Waals surface area contributed by atoms with E-state index in [2.05, 4.69) is 41.5 Å². The third-order valence-corrected chi connectivity index (χ3v) is 19.0. The van der Waals surface area contributed by atoms with Crippen molar-refractivity contribution in [1.29, 1.82) is 0 Å². The van der Waals surface area contributed by atoms with Gasteiger partial charge in [-0.15, -0.1) is 0 Å². The lowest BCUT2D eigenvalue weighted by molar-refractivity contribution is -0.0649. The maximum Gasteiger partial charge on any atom is 0.410 e. The molecule has 4 aromatic rings. The van der Waals surface area contributed by atoms with Crippen LogP contribution in [-0.4, -0.2) is 86.6 Å². The maximum absolute atomic E-state index is 13.9. The van der Waals surface area contributed by atoms with Crippen molar-refractivity contribution in [3.05, 3.63) is 125 Å². The van der Waals surface area contributed by atoms with Gasteiger partial charge in [0.25, 0.3) is 10.1 Å². The summed E-state index contributed by atoms with van der Waals surface area (Å²) in [6, 6.07) is 31.9. The van der Waals surface area contributed by atoms with Crippen molar-refractivity contribution in [2.24, 2.45) is 0 Å². The first-order valence-corrected chi connectivity index (χ1v) is 24.9. The zero-order valence-electron chi connectivity index (χ0n) is 37.1. The van der Waals surface area contributed by atoms with Gasteiger partial charge in [-0.2, -0.15) is 8.42 Å².